The van der Waals surface area contributed by atoms with Crippen LogP contribution in [-0.2, 0) is 6.18 Å². The van der Waals surface area contributed by atoms with Gasteiger partial charge in [-0.25, -0.2) is 4.98 Å². The number of hydrogen-bond donors (Lipinski definition) is 2. The van der Waals surface area contributed by atoms with Crippen LogP contribution in [0.1, 0.15) is 37.7 Å². The van der Waals surface area contributed by atoms with E-state index in [9.17, 15) is 13.2 Å². The first-order valence-corrected chi connectivity index (χ1v) is 8.53. The maximum Gasteiger partial charge on any atom is 0.418 e. The molecule has 0 radical (unpaired) electrons. The number of alkyl halides is 3. The number of aromatic nitrogens is 2. The fourth-order valence-corrected chi connectivity index (χ4v) is 3.10. The maximum atomic E-state index is 13.2. The standard InChI is InChI=1S/C17H18ClF3N4/c18-11-6-7-14(13(10-11)17(19,20)21)24-15-8-9-22-16(25-15)23-12-4-2-1-3-5-12/h6-10,12H,1-5H2,(H2,22,23,24,25). The molecule has 1 fully saturated rings. The van der Waals surface area contributed by atoms with Gasteiger partial charge in [-0.3, -0.25) is 0 Å². The normalized spacial score (nSPS) is 15.8. The number of nitrogens with zero attached hydrogens (tertiary/aromatic N) is 2. The number of nitrogens with one attached hydrogen (secondary N) is 2. The average Bonchev–Trinajstić information content (AvgIpc) is 2.57. The summed E-state index contributed by atoms with van der Waals surface area (Å²) in [4.78, 5) is 8.43. The average molecular weight is 371 g/mol. The Morgan fingerprint density at radius 3 is 2.56 bits per heavy atom. The van der Waals surface area contributed by atoms with Crippen LogP contribution in [0.3, 0.4) is 0 Å². The van der Waals surface area contributed by atoms with Gasteiger partial charge in [0.25, 0.3) is 0 Å². The molecule has 1 aliphatic rings. The van der Waals surface area contributed by atoms with Crippen molar-refractivity contribution in [1.29, 1.82) is 0 Å². The molecule has 2 aromatic rings. The van der Waals surface area contributed by atoms with Crippen LogP contribution in [0.5, 0.6) is 0 Å². The molecular formula is C17H18ClF3N4. The Balaban J connectivity index is 1.78. The molecule has 4 nitrogen and oxygen atoms in total. The Bertz CT molecular complexity index is 730. The molecular weight excluding hydrogens is 353 g/mol. The minimum absolute atomic E-state index is 0.0280. The van der Waals surface area contributed by atoms with Crippen molar-refractivity contribution >= 4 is 29.1 Å². The molecule has 3 rings (SSSR count). The zero-order valence-electron chi connectivity index (χ0n) is 13.4. The highest BCUT2D eigenvalue weighted by Gasteiger charge is 2.34. The summed E-state index contributed by atoms with van der Waals surface area (Å²) in [5, 5.41) is 6.00. The van der Waals surface area contributed by atoms with Gasteiger partial charge in [-0.1, -0.05) is 30.9 Å². The van der Waals surface area contributed by atoms with Crippen molar-refractivity contribution in [3.8, 4) is 0 Å². The van der Waals surface area contributed by atoms with Gasteiger partial charge in [0, 0.05) is 17.3 Å². The molecule has 0 amide bonds. The van der Waals surface area contributed by atoms with Crippen LogP contribution in [-0.4, -0.2) is 16.0 Å². The van der Waals surface area contributed by atoms with Gasteiger partial charge in [-0.2, -0.15) is 18.2 Å². The van der Waals surface area contributed by atoms with Crippen molar-refractivity contribution in [2.75, 3.05) is 10.6 Å². The number of halogens is 4. The van der Waals surface area contributed by atoms with Crippen molar-refractivity contribution in [3.63, 3.8) is 0 Å². The molecule has 1 saturated carbocycles. The highest BCUT2D eigenvalue weighted by molar-refractivity contribution is 6.30. The predicted octanol–water partition coefficient (Wildman–Crippen LogP) is 5.64. The first-order valence-electron chi connectivity index (χ1n) is 8.15. The van der Waals surface area contributed by atoms with E-state index in [1.54, 1.807) is 0 Å². The van der Waals surface area contributed by atoms with E-state index in [0.29, 0.717) is 17.8 Å². The molecule has 1 aliphatic carbocycles. The quantitative estimate of drug-likeness (QED) is 0.731. The summed E-state index contributed by atoms with van der Waals surface area (Å²) >= 11 is 5.70. The second kappa shape index (κ2) is 7.47. The van der Waals surface area contributed by atoms with E-state index in [1.807, 2.05) is 0 Å². The van der Waals surface area contributed by atoms with Gasteiger partial charge in [-0.05, 0) is 37.1 Å². The van der Waals surface area contributed by atoms with E-state index < -0.39 is 11.7 Å². The van der Waals surface area contributed by atoms with Gasteiger partial charge in [0.15, 0.2) is 0 Å². The lowest BCUT2D eigenvalue weighted by Gasteiger charge is -2.22. The van der Waals surface area contributed by atoms with Gasteiger partial charge in [0.1, 0.15) is 5.82 Å². The summed E-state index contributed by atoms with van der Waals surface area (Å²) < 4.78 is 39.5. The molecule has 0 bridgehead atoms. The van der Waals surface area contributed by atoms with Crippen molar-refractivity contribution in [2.45, 2.75) is 44.3 Å². The van der Waals surface area contributed by atoms with E-state index in [-0.39, 0.29) is 10.7 Å². The molecule has 1 aromatic heterocycles. The van der Waals surface area contributed by atoms with E-state index in [1.165, 1.54) is 30.8 Å². The second-order valence-corrected chi connectivity index (χ2v) is 6.49. The van der Waals surface area contributed by atoms with Crippen molar-refractivity contribution in [1.82, 2.24) is 9.97 Å². The van der Waals surface area contributed by atoms with Crippen LogP contribution in [0.15, 0.2) is 30.5 Å². The van der Waals surface area contributed by atoms with Crippen LogP contribution in [0, 0.1) is 0 Å². The monoisotopic (exact) mass is 370 g/mol. The smallest absolute Gasteiger partial charge is 0.351 e. The zero-order valence-corrected chi connectivity index (χ0v) is 14.2. The molecule has 2 N–H and O–H groups in total. The summed E-state index contributed by atoms with van der Waals surface area (Å²) in [6.45, 7) is 0. The first-order chi connectivity index (χ1) is 11.9. The third-order valence-corrected chi connectivity index (χ3v) is 4.38. The van der Waals surface area contributed by atoms with E-state index >= 15 is 0 Å². The fraction of sp³-hybridized carbons (Fsp3) is 0.412. The van der Waals surface area contributed by atoms with Gasteiger partial charge in [-0.15, -0.1) is 0 Å². The number of benzene rings is 1. The van der Waals surface area contributed by atoms with Gasteiger partial charge >= 0.3 is 6.18 Å². The number of rotatable bonds is 4. The SMILES string of the molecule is FC(F)(F)c1cc(Cl)ccc1Nc1ccnc(NC2CCCCC2)n1. The van der Waals surface area contributed by atoms with Crippen LogP contribution >= 0.6 is 11.6 Å². The second-order valence-electron chi connectivity index (χ2n) is 6.06. The van der Waals surface area contributed by atoms with Gasteiger partial charge in [0.2, 0.25) is 5.95 Å². The van der Waals surface area contributed by atoms with Crippen molar-refractivity contribution in [3.05, 3.63) is 41.0 Å². The van der Waals surface area contributed by atoms with E-state index in [0.717, 1.165) is 31.7 Å². The van der Waals surface area contributed by atoms with Crippen LogP contribution in [0.25, 0.3) is 0 Å². The summed E-state index contributed by atoms with van der Waals surface area (Å²) in [6.07, 6.45) is 2.67. The third kappa shape index (κ3) is 4.75. The molecule has 0 saturated heterocycles. The van der Waals surface area contributed by atoms with Gasteiger partial charge < -0.3 is 10.6 Å². The van der Waals surface area contributed by atoms with Crippen molar-refractivity contribution < 1.29 is 13.2 Å². The fourth-order valence-electron chi connectivity index (χ4n) is 2.93. The molecule has 8 heteroatoms. The van der Waals surface area contributed by atoms with Gasteiger partial charge in [0.05, 0.1) is 11.3 Å². The Labute approximate surface area is 148 Å². The summed E-state index contributed by atoms with van der Waals surface area (Å²) in [5.74, 6) is 0.709. The lowest BCUT2D eigenvalue weighted by Crippen LogP contribution is -2.23. The largest absolute Gasteiger partial charge is 0.418 e. The molecule has 134 valence electrons. The lowest BCUT2D eigenvalue weighted by molar-refractivity contribution is -0.136. The molecule has 0 atom stereocenters. The van der Waals surface area contributed by atoms with Crippen molar-refractivity contribution in [2.24, 2.45) is 0 Å². The minimum atomic E-state index is -4.51. The highest BCUT2D eigenvalue weighted by atomic mass is 35.5. The molecule has 25 heavy (non-hydrogen) atoms. The molecule has 0 spiro atoms. The predicted molar refractivity (Wildman–Crippen MR) is 92.3 cm³/mol. The highest BCUT2D eigenvalue weighted by Crippen LogP contribution is 2.37. The molecule has 0 aliphatic heterocycles. The van der Waals surface area contributed by atoms with Crippen LogP contribution in [0.2, 0.25) is 5.02 Å². The summed E-state index contributed by atoms with van der Waals surface area (Å²) in [7, 11) is 0. The first kappa shape index (κ1) is 17.8. The Morgan fingerprint density at radius 2 is 1.84 bits per heavy atom. The zero-order chi connectivity index (χ0) is 17.9. The molecule has 1 heterocycles. The summed E-state index contributed by atoms with van der Waals surface area (Å²) in [5.41, 5.74) is -0.931. The number of hydrogen-bond acceptors (Lipinski definition) is 4. The van der Waals surface area contributed by atoms with E-state index in [4.69, 9.17) is 11.6 Å². The lowest BCUT2D eigenvalue weighted by atomic mass is 9.96. The topological polar surface area (TPSA) is 49.8 Å². The molecule has 1 aromatic carbocycles. The van der Waals surface area contributed by atoms with Crippen LogP contribution < -0.4 is 10.6 Å². The summed E-state index contributed by atoms with van der Waals surface area (Å²) in [6, 6.07) is 5.43. The van der Waals surface area contributed by atoms with Crippen LogP contribution in [0.4, 0.5) is 30.6 Å². The molecule has 0 unspecified atom stereocenters. The maximum absolute atomic E-state index is 13.2. The Morgan fingerprint density at radius 1 is 1.08 bits per heavy atom. The Hall–Kier alpha value is -2.02. The minimum Gasteiger partial charge on any atom is -0.351 e. The van der Waals surface area contributed by atoms with E-state index in [2.05, 4.69) is 20.6 Å². The number of anilines is 3. The third-order valence-electron chi connectivity index (χ3n) is 4.14. The Kier molecular flexibility index (Phi) is 5.32.